The van der Waals surface area contributed by atoms with E-state index in [0.29, 0.717) is 37.9 Å². The molecule has 1 aliphatic heterocycles. The Morgan fingerprint density at radius 1 is 1.13 bits per heavy atom. The van der Waals surface area contributed by atoms with Crippen molar-refractivity contribution in [3.05, 3.63) is 47.8 Å². The highest BCUT2D eigenvalue weighted by molar-refractivity contribution is 5.93. The average Bonchev–Trinajstić information content (AvgIpc) is 3.34. The zero-order chi connectivity index (χ0) is 27.5. The molecule has 12 heteroatoms. The van der Waals surface area contributed by atoms with Crippen LogP contribution in [0.25, 0.3) is 0 Å². The van der Waals surface area contributed by atoms with Gasteiger partial charge in [-0.25, -0.2) is 9.59 Å². The third-order valence-corrected chi connectivity index (χ3v) is 6.09. The number of hydrogen-bond acceptors (Lipinski definition) is 8. The molecule has 12 nitrogen and oxygen atoms in total. The fraction of sp³-hybridized carbons (Fsp3) is 0.538. The highest BCUT2D eigenvalue weighted by atomic mass is 16.5. The molecule has 0 saturated heterocycles. The predicted octanol–water partition coefficient (Wildman–Crippen LogP) is 1.49. The van der Waals surface area contributed by atoms with Gasteiger partial charge in [-0.05, 0) is 37.2 Å². The van der Waals surface area contributed by atoms with E-state index in [0.717, 1.165) is 5.56 Å². The molecule has 3 rings (SSSR count). The topological polar surface area (TPSA) is 154 Å². The van der Waals surface area contributed by atoms with E-state index in [-0.39, 0.29) is 18.9 Å². The largest absolute Gasteiger partial charge is 0.467 e. The summed E-state index contributed by atoms with van der Waals surface area (Å²) in [7, 11) is 1.27. The quantitative estimate of drug-likeness (QED) is 0.477. The number of nitrogens with zero attached hydrogens (tertiary/aromatic N) is 3. The van der Waals surface area contributed by atoms with E-state index < -0.39 is 42.0 Å². The van der Waals surface area contributed by atoms with Crippen LogP contribution in [0.5, 0.6) is 0 Å². The van der Waals surface area contributed by atoms with Crippen molar-refractivity contribution in [1.29, 1.82) is 0 Å². The van der Waals surface area contributed by atoms with Crippen LogP contribution in [0.1, 0.15) is 50.8 Å². The second kappa shape index (κ2) is 14.1. The summed E-state index contributed by atoms with van der Waals surface area (Å²) >= 11 is 0. The molecule has 1 aromatic heterocycles. The molecule has 3 amide bonds. The van der Waals surface area contributed by atoms with Crippen LogP contribution in [0.4, 0.5) is 4.79 Å². The maximum atomic E-state index is 13.4. The van der Waals surface area contributed by atoms with Crippen LogP contribution in [0.15, 0.2) is 36.5 Å². The Morgan fingerprint density at radius 2 is 1.89 bits per heavy atom. The first-order valence-corrected chi connectivity index (χ1v) is 12.8. The van der Waals surface area contributed by atoms with E-state index in [1.54, 1.807) is 10.9 Å². The molecule has 1 aromatic carbocycles. The van der Waals surface area contributed by atoms with Crippen molar-refractivity contribution in [2.24, 2.45) is 5.92 Å². The molecule has 0 aliphatic carbocycles. The van der Waals surface area contributed by atoms with Gasteiger partial charge >= 0.3 is 12.1 Å². The Balaban J connectivity index is 1.81. The number of hydrogen-bond donors (Lipinski definition) is 3. The van der Waals surface area contributed by atoms with Crippen LogP contribution in [0, 0.1) is 5.92 Å². The fourth-order valence-corrected chi connectivity index (χ4v) is 4.13. The minimum atomic E-state index is -1.08. The molecule has 206 valence electrons. The third-order valence-electron chi connectivity index (χ3n) is 6.09. The molecule has 3 atom stereocenters. The Kier molecular flexibility index (Phi) is 10.6. The number of methoxy groups -OCH3 is 1. The third kappa shape index (κ3) is 8.86. The normalized spacial score (nSPS) is 20.9. The second-order valence-electron chi connectivity index (χ2n) is 9.71. The van der Waals surface area contributed by atoms with Gasteiger partial charge in [-0.15, -0.1) is 5.10 Å². The van der Waals surface area contributed by atoms with E-state index >= 15 is 0 Å². The Hall–Kier alpha value is -3.96. The van der Waals surface area contributed by atoms with Gasteiger partial charge in [0.15, 0.2) is 0 Å². The van der Waals surface area contributed by atoms with Gasteiger partial charge in [0.25, 0.3) is 0 Å². The molecule has 0 unspecified atom stereocenters. The van der Waals surface area contributed by atoms with Crippen molar-refractivity contribution < 1.29 is 28.7 Å². The summed E-state index contributed by atoms with van der Waals surface area (Å²) in [5.41, 5.74) is 1.30. The second-order valence-corrected chi connectivity index (χ2v) is 9.71. The number of nitrogens with one attached hydrogen (secondary N) is 3. The standard InChI is InChI=1S/C26H36N6O6/c1-17(2)13-21-23(33)27-20(25(35)37-3)11-7-8-12-32-15-19(30-31-32)14-22(24(34)28-21)29-26(36)38-16-18-9-5-4-6-10-18/h4-6,9-10,15,17,20-22H,7-8,11-14,16H2,1-3H3,(H,27,33)(H,28,34)(H,29,36)/t20-,21-,22-/m0/s1. The molecule has 38 heavy (non-hydrogen) atoms. The molecule has 2 heterocycles. The first-order valence-electron chi connectivity index (χ1n) is 12.8. The maximum absolute atomic E-state index is 13.4. The molecule has 2 bridgehead atoms. The van der Waals surface area contributed by atoms with Crippen LogP contribution in [0.3, 0.4) is 0 Å². The first kappa shape index (κ1) is 28.6. The monoisotopic (exact) mass is 528 g/mol. The summed E-state index contributed by atoms with van der Waals surface area (Å²) in [4.78, 5) is 51.5. The number of carbonyl (C=O) groups is 4. The fourth-order valence-electron chi connectivity index (χ4n) is 4.13. The molecule has 0 radical (unpaired) electrons. The smallest absolute Gasteiger partial charge is 0.408 e. The van der Waals surface area contributed by atoms with Crippen LogP contribution in [0.2, 0.25) is 0 Å². The van der Waals surface area contributed by atoms with E-state index in [9.17, 15) is 19.2 Å². The lowest BCUT2D eigenvalue weighted by Crippen LogP contribution is -2.56. The van der Waals surface area contributed by atoms with Crippen molar-refractivity contribution in [1.82, 2.24) is 30.9 Å². The van der Waals surface area contributed by atoms with E-state index in [2.05, 4.69) is 26.3 Å². The average molecular weight is 529 g/mol. The van der Waals surface area contributed by atoms with Gasteiger partial charge in [-0.3, -0.25) is 14.3 Å². The van der Waals surface area contributed by atoms with Crippen LogP contribution in [-0.4, -0.2) is 64.1 Å². The number of aromatic nitrogens is 3. The number of benzene rings is 1. The summed E-state index contributed by atoms with van der Waals surface area (Å²) in [5, 5.41) is 16.3. The van der Waals surface area contributed by atoms with Gasteiger partial charge in [-0.1, -0.05) is 49.4 Å². The van der Waals surface area contributed by atoms with E-state index in [4.69, 9.17) is 9.47 Å². The Bertz CT molecular complexity index is 1090. The van der Waals surface area contributed by atoms with Gasteiger partial charge < -0.3 is 25.4 Å². The van der Waals surface area contributed by atoms with E-state index in [1.165, 1.54) is 7.11 Å². The molecular weight excluding hydrogens is 492 g/mol. The summed E-state index contributed by atoms with van der Waals surface area (Å²) in [6.07, 6.45) is 3.00. The zero-order valence-corrected chi connectivity index (χ0v) is 22.0. The zero-order valence-electron chi connectivity index (χ0n) is 22.0. The van der Waals surface area contributed by atoms with E-state index in [1.807, 2.05) is 44.2 Å². The van der Waals surface area contributed by atoms with Gasteiger partial charge in [0.2, 0.25) is 11.8 Å². The van der Waals surface area contributed by atoms with Crippen molar-refractivity contribution in [3.8, 4) is 0 Å². The first-order chi connectivity index (χ1) is 18.2. The number of alkyl carbamates (subject to hydrolysis) is 1. The molecule has 0 fully saturated rings. The summed E-state index contributed by atoms with van der Waals surface area (Å²) in [5.74, 6) is -1.57. The van der Waals surface area contributed by atoms with Crippen LogP contribution in [-0.2, 0) is 43.4 Å². The Morgan fingerprint density at radius 3 is 2.61 bits per heavy atom. The summed E-state index contributed by atoms with van der Waals surface area (Å²) in [6, 6.07) is 6.30. The highest BCUT2D eigenvalue weighted by Gasteiger charge is 2.31. The van der Waals surface area contributed by atoms with Crippen molar-refractivity contribution in [3.63, 3.8) is 0 Å². The van der Waals surface area contributed by atoms with Crippen molar-refractivity contribution >= 4 is 23.9 Å². The molecular formula is C26H36N6O6. The van der Waals surface area contributed by atoms with Gasteiger partial charge in [0, 0.05) is 19.2 Å². The predicted molar refractivity (Wildman–Crippen MR) is 136 cm³/mol. The number of ether oxygens (including phenoxy) is 2. The maximum Gasteiger partial charge on any atom is 0.408 e. The van der Waals surface area contributed by atoms with Gasteiger partial charge in [0.05, 0.1) is 12.8 Å². The SMILES string of the molecule is COC(=O)[C@@H]1CCCCn2cc(nn2)C[C@H](NC(=O)OCc2ccccc2)C(=O)N[C@@H](CC(C)C)C(=O)N1. The molecule has 2 aromatic rings. The van der Waals surface area contributed by atoms with Gasteiger partial charge in [0.1, 0.15) is 24.7 Å². The number of carbonyl (C=O) groups excluding carboxylic acids is 4. The number of rotatable bonds is 6. The minimum absolute atomic E-state index is 0.0322. The molecule has 0 spiro atoms. The van der Waals surface area contributed by atoms with Gasteiger partial charge in [-0.2, -0.15) is 0 Å². The van der Waals surface area contributed by atoms with Crippen molar-refractivity contribution in [2.75, 3.05) is 7.11 Å². The lowest BCUT2D eigenvalue weighted by atomic mass is 10.0. The molecule has 0 saturated carbocycles. The van der Waals surface area contributed by atoms with Crippen LogP contribution >= 0.6 is 0 Å². The number of amides is 3. The van der Waals surface area contributed by atoms with Crippen molar-refractivity contribution in [2.45, 2.75) is 77.2 Å². The Labute approximate surface area is 221 Å². The van der Waals surface area contributed by atoms with Crippen LogP contribution < -0.4 is 16.0 Å². The number of fused-ring (bicyclic) bond motifs is 2. The number of esters is 1. The summed E-state index contributed by atoms with van der Waals surface area (Å²) in [6.45, 7) is 4.40. The summed E-state index contributed by atoms with van der Waals surface area (Å²) < 4.78 is 11.8. The molecule has 1 aliphatic rings. The lowest BCUT2D eigenvalue weighted by molar-refractivity contribution is -0.145. The number of aryl methyl sites for hydroxylation is 1. The highest BCUT2D eigenvalue weighted by Crippen LogP contribution is 2.11. The molecule has 3 N–H and O–H groups in total. The minimum Gasteiger partial charge on any atom is -0.467 e. The lowest BCUT2D eigenvalue weighted by Gasteiger charge is -2.25.